The molecular weight excluding hydrogens is 254 g/mol. The van der Waals surface area contributed by atoms with Gasteiger partial charge in [-0.3, -0.25) is 0 Å². The Morgan fingerprint density at radius 1 is 1.45 bits per heavy atom. The second-order valence-electron chi connectivity index (χ2n) is 4.96. The third kappa shape index (κ3) is 2.39. The van der Waals surface area contributed by atoms with Crippen molar-refractivity contribution in [3.63, 3.8) is 0 Å². The zero-order valence-electron chi connectivity index (χ0n) is 11.4. The van der Waals surface area contributed by atoms with E-state index >= 15 is 0 Å². The summed E-state index contributed by atoms with van der Waals surface area (Å²) in [5.41, 5.74) is 8.52. The van der Waals surface area contributed by atoms with Crippen LogP contribution in [0.5, 0.6) is 0 Å². The maximum absolute atomic E-state index is 12.0. The van der Waals surface area contributed by atoms with Crippen LogP contribution in [0.3, 0.4) is 0 Å². The molecule has 1 saturated carbocycles. The van der Waals surface area contributed by atoms with Crippen molar-refractivity contribution in [3.05, 3.63) is 41.7 Å². The fourth-order valence-electron chi connectivity index (χ4n) is 2.19. The molecule has 104 valence electrons. The minimum Gasteiger partial charge on any atom is -0.462 e. The van der Waals surface area contributed by atoms with Crippen LogP contribution in [-0.2, 0) is 4.74 Å². The molecule has 1 aromatic heterocycles. The molecule has 20 heavy (non-hydrogen) atoms. The lowest BCUT2D eigenvalue weighted by molar-refractivity contribution is 0.0526. The second-order valence-corrected chi connectivity index (χ2v) is 4.96. The third-order valence-corrected chi connectivity index (χ3v) is 3.37. The number of ether oxygens (including phenoxy) is 1. The summed E-state index contributed by atoms with van der Waals surface area (Å²) in [6, 6.07) is 7.19. The molecular formula is C15H17N3O2. The Morgan fingerprint density at radius 3 is 2.95 bits per heavy atom. The lowest BCUT2D eigenvalue weighted by Gasteiger charge is -2.09. The van der Waals surface area contributed by atoms with E-state index in [0.29, 0.717) is 29.5 Å². The predicted octanol–water partition coefficient (Wildman–Crippen LogP) is 2.51. The molecule has 5 heteroatoms. The van der Waals surface area contributed by atoms with Crippen LogP contribution >= 0.6 is 0 Å². The number of aromatic nitrogens is 2. The van der Waals surface area contributed by atoms with E-state index in [9.17, 15) is 4.79 Å². The first-order valence-corrected chi connectivity index (χ1v) is 6.81. The molecule has 0 spiro atoms. The van der Waals surface area contributed by atoms with Gasteiger partial charge in [-0.05, 0) is 44.0 Å². The molecule has 0 atom stereocenters. The molecule has 2 aromatic rings. The molecule has 0 amide bonds. The van der Waals surface area contributed by atoms with Crippen LogP contribution in [0.2, 0.25) is 0 Å². The number of nitrogen functional groups attached to an aromatic ring is 1. The van der Waals surface area contributed by atoms with Crippen molar-refractivity contribution < 1.29 is 9.53 Å². The van der Waals surface area contributed by atoms with Crippen LogP contribution in [-0.4, -0.2) is 22.4 Å². The van der Waals surface area contributed by atoms with Gasteiger partial charge in [0.25, 0.3) is 0 Å². The number of hydrogen-bond acceptors (Lipinski definition) is 4. The van der Waals surface area contributed by atoms with E-state index in [0.717, 1.165) is 5.69 Å². The average Bonchev–Trinajstić information content (AvgIpc) is 3.17. The van der Waals surface area contributed by atoms with Crippen molar-refractivity contribution in [2.24, 2.45) is 0 Å². The van der Waals surface area contributed by atoms with Gasteiger partial charge in [0.05, 0.1) is 23.6 Å². The van der Waals surface area contributed by atoms with Gasteiger partial charge in [-0.2, -0.15) is 5.10 Å². The number of esters is 1. The van der Waals surface area contributed by atoms with E-state index in [2.05, 4.69) is 5.10 Å². The van der Waals surface area contributed by atoms with Crippen molar-refractivity contribution in [1.29, 1.82) is 0 Å². The topological polar surface area (TPSA) is 70.1 Å². The quantitative estimate of drug-likeness (QED) is 0.685. The zero-order chi connectivity index (χ0) is 14.1. The number of rotatable bonds is 4. The Bertz CT molecular complexity index is 644. The third-order valence-electron chi connectivity index (χ3n) is 3.37. The van der Waals surface area contributed by atoms with E-state index in [1.807, 2.05) is 12.3 Å². The maximum atomic E-state index is 12.0. The number of benzene rings is 1. The number of carbonyl (C=O) groups excluding carboxylic acids is 1. The van der Waals surface area contributed by atoms with Gasteiger partial charge in [0.2, 0.25) is 0 Å². The predicted molar refractivity (Wildman–Crippen MR) is 75.9 cm³/mol. The highest BCUT2D eigenvalue weighted by atomic mass is 16.5. The zero-order valence-corrected chi connectivity index (χ0v) is 11.4. The highest BCUT2D eigenvalue weighted by Gasteiger charge is 2.26. The van der Waals surface area contributed by atoms with Gasteiger partial charge in [0.15, 0.2) is 0 Å². The van der Waals surface area contributed by atoms with Crippen LogP contribution in [0.1, 0.15) is 41.7 Å². The molecule has 3 rings (SSSR count). The Labute approximate surface area is 117 Å². The largest absolute Gasteiger partial charge is 0.462 e. The molecule has 1 heterocycles. The fraction of sp³-hybridized carbons (Fsp3) is 0.333. The van der Waals surface area contributed by atoms with Crippen molar-refractivity contribution in [2.45, 2.75) is 25.7 Å². The van der Waals surface area contributed by atoms with Gasteiger partial charge < -0.3 is 10.5 Å². The molecule has 1 aromatic carbocycles. The molecule has 0 bridgehead atoms. The Kier molecular flexibility index (Phi) is 3.18. The molecule has 0 radical (unpaired) electrons. The van der Waals surface area contributed by atoms with Gasteiger partial charge in [0, 0.05) is 17.8 Å². The summed E-state index contributed by atoms with van der Waals surface area (Å²) in [7, 11) is 0. The molecule has 1 fully saturated rings. The van der Waals surface area contributed by atoms with Crippen molar-refractivity contribution >= 4 is 11.7 Å². The first kappa shape index (κ1) is 12.7. The van der Waals surface area contributed by atoms with Gasteiger partial charge in [0.1, 0.15) is 0 Å². The van der Waals surface area contributed by atoms with Crippen LogP contribution in [0.15, 0.2) is 30.5 Å². The van der Waals surface area contributed by atoms with E-state index in [4.69, 9.17) is 10.5 Å². The summed E-state index contributed by atoms with van der Waals surface area (Å²) < 4.78 is 6.80. The maximum Gasteiger partial charge on any atom is 0.340 e. The lowest BCUT2D eigenvalue weighted by atomic mass is 10.1. The highest BCUT2D eigenvalue weighted by molar-refractivity contribution is 5.94. The minimum absolute atomic E-state index is 0.333. The SMILES string of the molecule is CCOC(=O)c1cc(N)ccc1-n1ccc(C2CC2)n1. The van der Waals surface area contributed by atoms with E-state index in [1.165, 1.54) is 12.8 Å². The first-order chi connectivity index (χ1) is 9.69. The molecule has 1 aliphatic carbocycles. The Balaban J connectivity index is 2.00. The number of nitrogens with two attached hydrogens (primary N) is 1. The first-order valence-electron chi connectivity index (χ1n) is 6.81. The summed E-state index contributed by atoms with van der Waals surface area (Å²) in [4.78, 5) is 12.0. The number of carbonyl (C=O) groups is 1. The van der Waals surface area contributed by atoms with Gasteiger partial charge in [-0.25, -0.2) is 9.48 Å². The van der Waals surface area contributed by atoms with E-state index in [-0.39, 0.29) is 5.97 Å². The van der Waals surface area contributed by atoms with Crippen LogP contribution < -0.4 is 5.73 Å². The van der Waals surface area contributed by atoms with Gasteiger partial charge >= 0.3 is 5.97 Å². The van der Waals surface area contributed by atoms with Crippen molar-refractivity contribution in [1.82, 2.24) is 9.78 Å². The van der Waals surface area contributed by atoms with E-state index < -0.39 is 0 Å². The average molecular weight is 271 g/mol. The Hall–Kier alpha value is -2.30. The van der Waals surface area contributed by atoms with Crippen LogP contribution in [0.4, 0.5) is 5.69 Å². The lowest BCUT2D eigenvalue weighted by Crippen LogP contribution is -2.11. The molecule has 2 N–H and O–H groups in total. The highest BCUT2D eigenvalue weighted by Crippen LogP contribution is 2.39. The normalized spacial score (nSPS) is 14.2. The summed E-state index contributed by atoms with van der Waals surface area (Å²) in [5, 5.41) is 4.54. The molecule has 0 saturated heterocycles. The smallest absolute Gasteiger partial charge is 0.340 e. The summed E-state index contributed by atoms with van der Waals surface area (Å²) >= 11 is 0. The number of nitrogens with zero attached hydrogens (tertiary/aromatic N) is 2. The van der Waals surface area contributed by atoms with Crippen LogP contribution in [0, 0.1) is 0 Å². The van der Waals surface area contributed by atoms with Gasteiger partial charge in [-0.15, -0.1) is 0 Å². The summed E-state index contributed by atoms with van der Waals surface area (Å²) in [6.45, 7) is 2.11. The van der Waals surface area contributed by atoms with Crippen LogP contribution in [0.25, 0.3) is 5.69 Å². The van der Waals surface area contributed by atoms with Gasteiger partial charge in [-0.1, -0.05) is 0 Å². The molecule has 1 aliphatic rings. The minimum atomic E-state index is -0.377. The standard InChI is InChI=1S/C15H17N3O2/c1-2-20-15(19)12-9-11(16)5-6-14(12)18-8-7-13(17-18)10-3-4-10/h5-10H,2-4,16H2,1H3. The van der Waals surface area contributed by atoms with Crippen molar-refractivity contribution in [2.75, 3.05) is 12.3 Å². The molecule has 0 unspecified atom stereocenters. The Morgan fingerprint density at radius 2 is 2.25 bits per heavy atom. The number of hydrogen-bond donors (Lipinski definition) is 1. The molecule has 0 aliphatic heterocycles. The van der Waals surface area contributed by atoms with Crippen molar-refractivity contribution in [3.8, 4) is 5.69 Å². The molecule has 5 nitrogen and oxygen atoms in total. The summed E-state index contributed by atoms with van der Waals surface area (Å²) in [6.07, 6.45) is 4.27. The van der Waals surface area contributed by atoms with E-state index in [1.54, 1.807) is 29.8 Å². The number of anilines is 1. The fourth-order valence-corrected chi connectivity index (χ4v) is 2.19. The second kappa shape index (κ2) is 5.00. The summed E-state index contributed by atoms with van der Waals surface area (Å²) in [5.74, 6) is 0.203. The monoisotopic (exact) mass is 271 g/mol.